The molecular weight excluding hydrogens is 693 g/mol. The molecule has 0 saturated carbocycles. The van der Waals surface area contributed by atoms with Gasteiger partial charge in [-0.3, -0.25) is 0 Å². The summed E-state index contributed by atoms with van der Waals surface area (Å²) in [5, 5.41) is 11.6. The third-order valence-electron chi connectivity index (χ3n) is 12.8. The molecule has 1 unspecified atom stereocenters. The number of benzene rings is 10. The first-order valence-electron chi connectivity index (χ1n) is 19.5. The Kier molecular flexibility index (Phi) is 6.07. The highest BCUT2D eigenvalue weighted by Crippen LogP contribution is 2.66. The van der Waals surface area contributed by atoms with Gasteiger partial charge < -0.3 is 0 Å². The van der Waals surface area contributed by atoms with Gasteiger partial charge in [-0.1, -0.05) is 164 Å². The highest BCUT2D eigenvalue weighted by atomic mass is 32.1. The highest BCUT2D eigenvalue weighted by molar-refractivity contribution is 7.22. The largest absolute Gasteiger partial charge is 0.135 e. The third-order valence-corrected chi connectivity index (χ3v) is 14.0. The molecule has 0 bridgehead atoms. The molecule has 1 spiro atoms. The molecule has 258 valence electrons. The van der Waals surface area contributed by atoms with E-state index >= 15 is 0 Å². The Morgan fingerprint density at radius 2 is 0.821 bits per heavy atom. The number of hydrogen-bond acceptors (Lipinski definition) is 1. The summed E-state index contributed by atoms with van der Waals surface area (Å²) in [7, 11) is 0. The van der Waals surface area contributed by atoms with E-state index < -0.39 is 5.41 Å². The molecule has 2 aliphatic carbocycles. The van der Waals surface area contributed by atoms with E-state index in [9.17, 15) is 0 Å². The fourth-order valence-corrected chi connectivity index (χ4v) is 11.8. The second kappa shape index (κ2) is 11.1. The molecule has 56 heavy (non-hydrogen) atoms. The molecule has 1 heteroatoms. The van der Waals surface area contributed by atoms with Gasteiger partial charge in [0.25, 0.3) is 0 Å². The Balaban J connectivity index is 1.11. The zero-order chi connectivity index (χ0) is 36.5. The van der Waals surface area contributed by atoms with Gasteiger partial charge >= 0.3 is 0 Å². The Morgan fingerprint density at radius 1 is 0.304 bits per heavy atom. The van der Waals surface area contributed by atoms with Crippen LogP contribution in [0.4, 0.5) is 0 Å². The maximum atomic E-state index is 2.55. The molecule has 0 fully saturated rings. The minimum atomic E-state index is -0.401. The monoisotopic (exact) mass is 724 g/mol. The van der Waals surface area contributed by atoms with E-state index in [2.05, 4.69) is 194 Å². The van der Waals surface area contributed by atoms with E-state index in [0.29, 0.717) is 0 Å². The fourth-order valence-electron chi connectivity index (χ4n) is 10.5. The van der Waals surface area contributed by atoms with Crippen molar-refractivity contribution >= 4 is 64.5 Å². The number of thiophene rings is 1. The normalized spacial score (nSPS) is 15.2. The summed E-state index contributed by atoms with van der Waals surface area (Å²) in [5.74, 6) is 0. The van der Waals surface area contributed by atoms with E-state index in [0.717, 1.165) is 0 Å². The van der Waals surface area contributed by atoms with Crippen LogP contribution in [0.1, 0.15) is 22.3 Å². The van der Waals surface area contributed by atoms with Gasteiger partial charge in [0, 0.05) is 9.58 Å². The molecule has 0 nitrogen and oxygen atoms in total. The van der Waals surface area contributed by atoms with E-state index in [4.69, 9.17) is 0 Å². The van der Waals surface area contributed by atoms with Crippen molar-refractivity contribution < 1.29 is 0 Å². The van der Waals surface area contributed by atoms with Crippen molar-refractivity contribution in [3.8, 4) is 43.8 Å². The average molecular weight is 725 g/mol. The lowest BCUT2D eigenvalue weighted by atomic mass is 9.69. The smallest absolute Gasteiger partial charge is 0.0740 e. The third kappa shape index (κ3) is 3.88. The van der Waals surface area contributed by atoms with Gasteiger partial charge in [0.2, 0.25) is 0 Å². The molecule has 10 aromatic carbocycles. The van der Waals surface area contributed by atoms with Crippen LogP contribution < -0.4 is 0 Å². The van der Waals surface area contributed by atoms with Crippen LogP contribution in [0.2, 0.25) is 0 Å². The van der Waals surface area contributed by atoms with Crippen molar-refractivity contribution in [3.63, 3.8) is 0 Å². The first-order chi connectivity index (χ1) is 27.8. The Labute approximate surface area is 328 Å². The summed E-state index contributed by atoms with van der Waals surface area (Å²) in [6.45, 7) is 0. The standard InChI is InChI=1S/C55H32S/c1-2-14-34-29-35(26-25-33(34)13-1)45-31-47-40-18-6-4-16-38(40)46(32-48(47)39-17-5-3-15-37(39)45)36-27-28-42-41-19-7-10-22-49(41)55(51(42)30-36)50-23-11-8-20-43(50)54-53(55)44-21-9-12-24-52(44)56-54/h1-32H. The van der Waals surface area contributed by atoms with Gasteiger partial charge in [-0.15, -0.1) is 11.3 Å². The van der Waals surface area contributed by atoms with Gasteiger partial charge in [-0.2, -0.15) is 0 Å². The molecule has 13 rings (SSSR count). The summed E-state index contributed by atoms with van der Waals surface area (Å²) >= 11 is 1.94. The molecule has 0 N–H and O–H groups in total. The zero-order valence-corrected chi connectivity index (χ0v) is 31.2. The summed E-state index contributed by atoms with van der Waals surface area (Å²) in [6, 6.07) is 73.2. The van der Waals surface area contributed by atoms with Crippen molar-refractivity contribution in [2.75, 3.05) is 0 Å². The second-order valence-electron chi connectivity index (χ2n) is 15.5. The number of hydrogen-bond donors (Lipinski definition) is 0. The topological polar surface area (TPSA) is 0 Å². The molecule has 11 aromatic rings. The van der Waals surface area contributed by atoms with Crippen molar-refractivity contribution in [1.82, 2.24) is 0 Å². The van der Waals surface area contributed by atoms with Gasteiger partial charge in [0.05, 0.1) is 5.41 Å². The van der Waals surface area contributed by atoms with Crippen molar-refractivity contribution in [3.05, 3.63) is 216 Å². The van der Waals surface area contributed by atoms with Crippen LogP contribution in [0, 0.1) is 0 Å². The Morgan fingerprint density at radius 3 is 1.55 bits per heavy atom. The van der Waals surface area contributed by atoms with Crippen molar-refractivity contribution in [1.29, 1.82) is 0 Å². The van der Waals surface area contributed by atoms with Gasteiger partial charge in [-0.05, 0) is 140 Å². The van der Waals surface area contributed by atoms with Gasteiger partial charge in [0.1, 0.15) is 0 Å². The fraction of sp³-hybridized carbons (Fsp3) is 0.0182. The minimum Gasteiger partial charge on any atom is -0.135 e. The lowest BCUT2D eigenvalue weighted by molar-refractivity contribution is 0.803. The summed E-state index contributed by atoms with van der Waals surface area (Å²) in [5.41, 5.74) is 14.3. The molecular formula is C55H32S. The minimum absolute atomic E-state index is 0.401. The van der Waals surface area contributed by atoms with Crippen LogP contribution in [-0.4, -0.2) is 0 Å². The Hall–Kier alpha value is -6.80. The van der Waals surface area contributed by atoms with E-state index in [-0.39, 0.29) is 0 Å². The van der Waals surface area contributed by atoms with Crippen molar-refractivity contribution in [2.24, 2.45) is 0 Å². The molecule has 0 amide bonds. The van der Waals surface area contributed by atoms with E-state index in [1.807, 2.05) is 11.3 Å². The van der Waals surface area contributed by atoms with Crippen LogP contribution in [0.25, 0.3) is 97.0 Å². The van der Waals surface area contributed by atoms with Crippen LogP contribution in [-0.2, 0) is 5.41 Å². The molecule has 2 aliphatic rings. The second-order valence-corrected chi connectivity index (χ2v) is 16.6. The summed E-state index contributed by atoms with van der Waals surface area (Å²) in [4.78, 5) is 1.40. The van der Waals surface area contributed by atoms with E-state index in [1.54, 1.807) is 0 Å². The van der Waals surface area contributed by atoms with Crippen LogP contribution >= 0.6 is 11.3 Å². The Bertz CT molecular complexity index is 3490. The maximum absolute atomic E-state index is 2.55. The molecule has 1 heterocycles. The predicted molar refractivity (Wildman–Crippen MR) is 239 cm³/mol. The first-order valence-corrected chi connectivity index (χ1v) is 20.3. The van der Waals surface area contributed by atoms with Crippen molar-refractivity contribution in [2.45, 2.75) is 5.41 Å². The van der Waals surface area contributed by atoms with Crippen LogP contribution in [0.5, 0.6) is 0 Å². The van der Waals surface area contributed by atoms with E-state index in [1.165, 1.54) is 119 Å². The SMILES string of the molecule is c1ccc2c(c1)-c1ccc(-c3cc4c5ccccc5c(-c5ccc6ccccc6c5)cc4c4ccccc34)cc1C21c2ccccc2-c2sc3ccccc3c21. The lowest BCUT2D eigenvalue weighted by Gasteiger charge is -2.30. The number of fused-ring (bicyclic) bond motifs is 18. The summed E-state index contributed by atoms with van der Waals surface area (Å²) in [6.07, 6.45) is 0. The van der Waals surface area contributed by atoms with Crippen LogP contribution in [0.3, 0.4) is 0 Å². The van der Waals surface area contributed by atoms with Gasteiger partial charge in [-0.25, -0.2) is 0 Å². The molecule has 1 atom stereocenters. The zero-order valence-electron chi connectivity index (χ0n) is 30.4. The highest BCUT2D eigenvalue weighted by Gasteiger charge is 2.53. The molecule has 0 aliphatic heterocycles. The van der Waals surface area contributed by atoms with Gasteiger partial charge in [0.15, 0.2) is 0 Å². The average Bonchev–Trinajstić information content (AvgIpc) is 3.89. The van der Waals surface area contributed by atoms with Crippen LogP contribution in [0.15, 0.2) is 194 Å². The first kappa shape index (κ1) is 30.5. The molecule has 1 aromatic heterocycles. The summed E-state index contributed by atoms with van der Waals surface area (Å²) < 4.78 is 1.35. The maximum Gasteiger partial charge on any atom is 0.0740 e. The number of rotatable bonds is 2. The predicted octanol–water partition coefficient (Wildman–Crippen LogP) is 15.2. The molecule has 0 radical (unpaired) electrons. The quantitative estimate of drug-likeness (QED) is 0.156. The lowest BCUT2D eigenvalue weighted by Crippen LogP contribution is -2.25. The molecule has 0 saturated heterocycles.